The zero-order valence-electron chi connectivity index (χ0n) is 28.1. The van der Waals surface area contributed by atoms with E-state index < -0.39 is 0 Å². The standard InChI is InChI=1S/C47H35N3/c1-47(2)40-19-11-9-18-36(40)46-45(47)37-24-21-32(29-44(37)50(46)34-15-7-4-8-16-34)38-27-30(22-25-41(38)48)31-23-26-43-39(28-31)35-17-10-12-20-42(35)49(43)33-13-5-3-6-14-33/h3-29H,48H2,1-2H3. The maximum Gasteiger partial charge on any atom is 0.0584 e. The van der Waals surface area contributed by atoms with Crippen molar-refractivity contribution in [2.45, 2.75) is 19.3 Å². The maximum atomic E-state index is 6.79. The lowest BCUT2D eigenvalue weighted by Gasteiger charge is -2.21. The van der Waals surface area contributed by atoms with Gasteiger partial charge in [0.25, 0.3) is 0 Å². The molecule has 2 N–H and O–H groups in total. The van der Waals surface area contributed by atoms with Crippen LogP contribution in [0.1, 0.15) is 25.0 Å². The van der Waals surface area contributed by atoms with E-state index in [0.29, 0.717) is 0 Å². The van der Waals surface area contributed by atoms with Crippen LogP contribution < -0.4 is 5.73 Å². The summed E-state index contributed by atoms with van der Waals surface area (Å²) >= 11 is 0. The first-order valence-electron chi connectivity index (χ1n) is 17.3. The molecule has 0 amide bonds. The van der Waals surface area contributed by atoms with Crippen molar-refractivity contribution in [1.29, 1.82) is 0 Å². The Morgan fingerprint density at radius 3 is 1.86 bits per heavy atom. The number of nitrogen functional groups attached to an aromatic ring is 1. The fourth-order valence-electron chi connectivity index (χ4n) is 8.55. The van der Waals surface area contributed by atoms with Crippen LogP contribution >= 0.6 is 0 Å². The number of nitrogens with zero attached hydrogens (tertiary/aromatic N) is 2. The van der Waals surface area contributed by atoms with Gasteiger partial charge < -0.3 is 14.9 Å². The van der Waals surface area contributed by atoms with Gasteiger partial charge in [-0.2, -0.15) is 0 Å². The number of benzene rings is 7. The quantitative estimate of drug-likeness (QED) is 0.191. The number of aromatic nitrogens is 2. The number of fused-ring (bicyclic) bond motifs is 8. The Balaban J connectivity index is 1.15. The molecule has 0 atom stereocenters. The van der Waals surface area contributed by atoms with Gasteiger partial charge in [-0.25, -0.2) is 0 Å². The molecule has 7 aromatic carbocycles. The molecule has 0 fully saturated rings. The highest BCUT2D eigenvalue weighted by Gasteiger charge is 2.40. The van der Waals surface area contributed by atoms with Gasteiger partial charge in [0.2, 0.25) is 0 Å². The fraction of sp³-hybridized carbons (Fsp3) is 0.0638. The summed E-state index contributed by atoms with van der Waals surface area (Å²) in [5, 5.41) is 3.76. The summed E-state index contributed by atoms with van der Waals surface area (Å²) < 4.78 is 4.81. The van der Waals surface area contributed by atoms with E-state index in [-0.39, 0.29) is 5.41 Å². The Morgan fingerprint density at radius 2 is 1.06 bits per heavy atom. The highest BCUT2D eigenvalue weighted by Crippen LogP contribution is 2.54. The van der Waals surface area contributed by atoms with Crippen LogP contribution in [0.15, 0.2) is 164 Å². The zero-order valence-corrected chi connectivity index (χ0v) is 28.1. The second kappa shape index (κ2) is 10.6. The Morgan fingerprint density at radius 1 is 0.440 bits per heavy atom. The van der Waals surface area contributed by atoms with E-state index in [9.17, 15) is 0 Å². The van der Waals surface area contributed by atoms with Crippen LogP contribution in [0.3, 0.4) is 0 Å². The molecule has 1 aliphatic rings. The molecule has 3 nitrogen and oxygen atoms in total. The van der Waals surface area contributed by atoms with Gasteiger partial charge >= 0.3 is 0 Å². The van der Waals surface area contributed by atoms with Gasteiger partial charge in [0.15, 0.2) is 0 Å². The summed E-state index contributed by atoms with van der Waals surface area (Å²) in [6.07, 6.45) is 0. The van der Waals surface area contributed by atoms with Crippen molar-refractivity contribution in [2.75, 3.05) is 5.73 Å². The molecule has 0 saturated carbocycles. The predicted molar refractivity (Wildman–Crippen MR) is 210 cm³/mol. The summed E-state index contributed by atoms with van der Waals surface area (Å²) in [4.78, 5) is 0. The molecule has 50 heavy (non-hydrogen) atoms. The van der Waals surface area contributed by atoms with Gasteiger partial charge in [0.1, 0.15) is 0 Å². The van der Waals surface area contributed by atoms with Gasteiger partial charge in [-0.1, -0.05) is 117 Å². The SMILES string of the molecule is CC1(C)c2ccccc2-c2c1c1ccc(-c3cc(-c4ccc5c(c4)c4ccccc4n5-c4ccccc4)ccc3N)cc1n2-c1ccccc1. The van der Waals surface area contributed by atoms with Crippen LogP contribution in [0.25, 0.3) is 77.6 Å². The van der Waals surface area contributed by atoms with Crippen LogP contribution in [-0.2, 0) is 5.41 Å². The van der Waals surface area contributed by atoms with Gasteiger partial charge in [-0.3, -0.25) is 0 Å². The van der Waals surface area contributed by atoms with Crippen LogP contribution in [0.4, 0.5) is 5.69 Å². The second-order valence-corrected chi connectivity index (χ2v) is 14.0. The lowest BCUT2D eigenvalue weighted by Crippen LogP contribution is -2.14. The van der Waals surface area contributed by atoms with Crippen molar-refractivity contribution in [2.24, 2.45) is 0 Å². The molecular formula is C47H35N3. The maximum absolute atomic E-state index is 6.79. The number of para-hydroxylation sites is 3. The lowest BCUT2D eigenvalue weighted by atomic mass is 9.81. The normalized spacial score (nSPS) is 13.2. The molecule has 0 bridgehead atoms. The molecule has 2 heterocycles. The molecule has 0 saturated heterocycles. The van der Waals surface area contributed by atoms with E-state index in [1.54, 1.807) is 0 Å². The van der Waals surface area contributed by atoms with Crippen molar-refractivity contribution in [1.82, 2.24) is 9.13 Å². The summed E-state index contributed by atoms with van der Waals surface area (Å²) in [6.45, 7) is 4.71. The Hall–Kier alpha value is -6.32. The lowest BCUT2D eigenvalue weighted by molar-refractivity contribution is 0.666. The van der Waals surface area contributed by atoms with Crippen LogP contribution in [0, 0.1) is 0 Å². The average molecular weight is 642 g/mol. The van der Waals surface area contributed by atoms with Crippen molar-refractivity contribution in [3.63, 3.8) is 0 Å². The molecule has 0 spiro atoms. The smallest absolute Gasteiger partial charge is 0.0584 e. The van der Waals surface area contributed by atoms with Gasteiger partial charge in [-0.05, 0) is 88.5 Å². The molecule has 0 unspecified atom stereocenters. The number of anilines is 1. The van der Waals surface area contributed by atoms with E-state index in [4.69, 9.17) is 5.73 Å². The molecule has 9 aromatic rings. The minimum Gasteiger partial charge on any atom is -0.398 e. The zero-order chi connectivity index (χ0) is 33.6. The molecule has 10 rings (SSSR count). The number of hydrogen-bond donors (Lipinski definition) is 1. The number of nitrogens with two attached hydrogens (primary N) is 1. The minimum atomic E-state index is -0.118. The molecule has 0 radical (unpaired) electrons. The first kappa shape index (κ1) is 28.7. The second-order valence-electron chi connectivity index (χ2n) is 14.0. The topological polar surface area (TPSA) is 35.9 Å². The summed E-state index contributed by atoms with van der Waals surface area (Å²) in [6, 6.07) is 59.1. The minimum absolute atomic E-state index is 0.118. The van der Waals surface area contributed by atoms with Crippen molar-refractivity contribution < 1.29 is 0 Å². The van der Waals surface area contributed by atoms with E-state index in [0.717, 1.165) is 33.8 Å². The molecule has 0 aliphatic heterocycles. The van der Waals surface area contributed by atoms with Crippen LogP contribution in [0.2, 0.25) is 0 Å². The van der Waals surface area contributed by atoms with Crippen molar-refractivity contribution in [3.05, 3.63) is 175 Å². The van der Waals surface area contributed by atoms with E-state index >= 15 is 0 Å². The molecule has 1 aliphatic carbocycles. The Labute approximate surface area is 291 Å². The average Bonchev–Trinajstić information content (AvgIpc) is 3.76. The predicted octanol–water partition coefficient (Wildman–Crippen LogP) is 12.0. The summed E-state index contributed by atoms with van der Waals surface area (Å²) in [5.74, 6) is 0. The van der Waals surface area contributed by atoms with E-state index in [2.05, 4.69) is 187 Å². The first-order chi connectivity index (χ1) is 24.5. The van der Waals surface area contributed by atoms with E-state index in [1.165, 1.54) is 60.7 Å². The van der Waals surface area contributed by atoms with E-state index in [1.807, 2.05) is 0 Å². The molecule has 2 aromatic heterocycles. The molecule has 238 valence electrons. The number of rotatable bonds is 4. The Bertz CT molecular complexity index is 2780. The van der Waals surface area contributed by atoms with Gasteiger partial charge in [0, 0.05) is 49.8 Å². The molecule has 3 heteroatoms. The van der Waals surface area contributed by atoms with Crippen molar-refractivity contribution in [3.8, 4) is 44.9 Å². The van der Waals surface area contributed by atoms with Crippen molar-refractivity contribution >= 4 is 38.4 Å². The highest BCUT2D eigenvalue weighted by molar-refractivity contribution is 6.10. The van der Waals surface area contributed by atoms with Gasteiger partial charge in [0.05, 0.1) is 22.2 Å². The molecular weight excluding hydrogens is 607 g/mol. The third kappa shape index (κ3) is 4.04. The van der Waals surface area contributed by atoms with Crippen LogP contribution in [-0.4, -0.2) is 9.13 Å². The van der Waals surface area contributed by atoms with Crippen LogP contribution in [0.5, 0.6) is 0 Å². The third-order valence-corrected chi connectivity index (χ3v) is 10.8. The first-order valence-corrected chi connectivity index (χ1v) is 17.3. The fourth-order valence-corrected chi connectivity index (χ4v) is 8.55. The van der Waals surface area contributed by atoms with Gasteiger partial charge in [-0.15, -0.1) is 0 Å². The largest absolute Gasteiger partial charge is 0.398 e. The highest BCUT2D eigenvalue weighted by atomic mass is 15.0. The Kier molecular flexibility index (Phi) is 6.07. The third-order valence-electron chi connectivity index (χ3n) is 10.8. The summed E-state index contributed by atoms with van der Waals surface area (Å²) in [7, 11) is 0. The summed E-state index contributed by atoms with van der Waals surface area (Å²) in [5.41, 5.74) is 23.2. The monoisotopic (exact) mass is 641 g/mol. The number of hydrogen-bond acceptors (Lipinski definition) is 1.